The molecule has 0 aliphatic rings. The first-order valence-electron chi connectivity index (χ1n) is 5.30. The Bertz CT molecular complexity index is 494. The highest BCUT2D eigenvalue weighted by Gasteiger charge is 2.26. The Morgan fingerprint density at radius 1 is 1.61 bits per heavy atom. The number of aromatic nitrogens is 2. The molecule has 104 valence electrons. The van der Waals surface area contributed by atoms with Crippen LogP contribution in [0.2, 0.25) is 0 Å². The summed E-state index contributed by atoms with van der Waals surface area (Å²) in [6.45, 7) is 1.77. The van der Waals surface area contributed by atoms with Crippen LogP contribution in [0.25, 0.3) is 0 Å². The number of sulfonamides is 1. The van der Waals surface area contributed by atoms with Crippen molar-refractivity contribution in [1.82, 2.24) is 19.8 Å². The highest BCUT2D eigenvalue weighted by atomic mass is 32.2. The summed E-state index contributed by atoms with van der Waals surface area (Å²) < 4.78 is 26.0. The summed E-state index contributed by atoms with van der Waals surface area (Å²) in [5.41, 5.74) is 4.27. The van der Waals surface area contributed by atoms with Gasteiger partial charge in [0.15, 0.2) is 0 Å². The summed E-state index contributed by atoms with van der Waals surface area (Å²) >= 11 is 0. The summed E-state index contributed by atoms with van der Waals surface area (Å²) in [4.78, 5) is 1.64. The Balaban J connectivity index is 2.72. The fraction of sp³-hybridized carbons (Fsp3) is 0.667. The number of hydrogen-bond donors (Lipinski definition) is 4. The number of anilines is 1. The van der Waals surface area contributed by atoms with Crippen LogP contribution >= 0.6 is 0 Å². The molecule has 0 saturated carbocycles. The zero-order chi connectivity index (χ0) is 14.0. The number of nitrogens with one attached hydrogen (secondary N) is 2. The second-order valence-electron chi connectivity index (χ2n) is 4.71. The van der Waals surface area contributed by atoms with Gasteiger partial charge in [-0.2, -0.15) is 5.10 Å². The van der Waals surface area contributed by atoms with Crippen molar-refractivity contribution < 1.29 is 13.5 Å². The molecule has 1 rings (SSSR count). The topological polar surface area (TPSA) is 124 Å². The molecule has 0 aliphatic carbocycles. The predicted octanol–water partition coefficient (Wildman–Crippen LogP) is -1.42. The van der Waals surface area contributed by atoms with E-state index in [1.165, 1.54) is 0 Å². The second kappa shape index (κ2) is 5.22. The summed E-state index contributed by atoms with van der Waals surface area (Å²) in [6, 6.07) is 0. The first kappa shape index (κ1) is 14.9. The molecule has 1 aromatic heterocycles. The van der Waals surface area contributed by atoms with Gasteiger partial charge in [-0.15, -0.1) is 0 Å². The van der Waals surface area contributed by atoms with Crippen LogP contribution < -0.4 is 10.5 Å². The molecule has 1 unspecified atom stereocenters. The van der Waals surface area contributed by atoms with Gasteiger partial charge in [0, 0.05) is 13.1 Å². The number of aromatic amines is 1. The van der Waals surface area contributed by atoms with Gasteiger partial charge in [-0.25, -0.2) is 13.1 Å². The predicted molar refractivity (Wildman–Crippen MR) is 67.4 cm³/mol. The second-order valence-corrected chi connectivity index (χ2v) is 6.44. The molecule has 0 fully saturated rings. The van der Waals surface area contributed by atoms with Crippen molar-refractivity contribution >= 4 is 15.8 Å². The SMILES string of the molecule is CN(C)CC(C)(O)CNS(=O)(=O)c1cn[nH]c1N. The number of H-pyrrole nitrogens is 1. The van der Waals surface area contributed by atoms with Crippen molar-refractivity contribution in [2.75, 3.05) is 32.9 Å². The lowest BCUT2D eigenvalue weighted by Crippen LogP contribution is -2.47. The lowest BCUT2D eigenvalue weighted by molar-refractivity contribution is 0.0386. The number of likely N-dealkylation sites (N-methyl/N-ethyl adjacent to an activating group) is 1. The maximum Gasteiger partial charge on any atom is 0.245 e. The van der Waals surface area contributed by atoms with E-state index in [1.54, 1.807) is 25.9 Å². The van der Waals surface area contributed by atoms with Gasteiger partial charge in [-0.1, -0.05) is 0 Å². The van der Waals surface area contributed by atoms with Crippen molar-refractivity contribution in [3.05, 3.63) is 6.20 Å². The third kappa shape index (κ3) is 3.95. The van der Waals surface area contributed by atoms with E-state index in [0.717, 1.165) is 6.20 Å². The largest absolute Gasteiger partial charge is 0.387 e. The van der Waals surface area contributed by atoms with Crippen molar-refractivity contribution in [3.8, 4) is 0 Å². The number of nitrogen functional groups attached to an aromatic ring is 1. The van der Waals surface area contributed by atoms with Crippen LogP contribution in [-0.4, -0.2) is 61.4 Å². The van der Waals surface area contributed by atoms with Crippen LogP contribution in [0.1, 0.15) is 6.92 Å². The monoisotopic (exact) mass is 277 g/mol. The minimum absolute atomic E-state index is 0.0326. The van der Waals surface area contributed by atoms with Crippen LogP contribution in [0.5, 0.6) is 0 Å². The van der Waals surface area contributed by atoms with Gasteiger partial charge >= 0.3 is 0 Å². The number of aliphatic hydroxyl groups is 1. The normalized spacial score (nSPS) is 15.8. The maximum atomic E-state index is 11.9. The molecule has 5 N–H and O–H groups in total. The smallest absolute Gasteiger partial charge is 0.245 e. The summed E-state index contributed by atoms with van der Waals surface area (Å²) in [7, 11) is -0.186. The summed E-state index contributed by atoms with van der Waals surface area (Å²) in [5.74, 6) is -0.0326. The van der Waals surface area contributed by atoms with E-state index in [9.17, 15) is 13.5 Å². The quantitative estimate of drug-likeness (QED) is 0.506. The molecule has 1 heterocycles. The molecule has 0 aromatic carbocycles. The summed E-state index contributed by atoms with van der Waals surface area (Å²) in [5, 5.41) is 15.9. The van der Waals surface area contributed by atoms with E-state index < -0.39 is 15.6 Å². The van der Waals surface area contributed by atoms with Crippen LogP contribution in [0, 0.1) is 0 Å². The molecule has 0 saturated heterocycles. The number of nitrogens with zero attached hydrogens (tertiary/aromatic N) is 2. The van der Waals surface area contributed by atoms with Gasteiger partial charge in [0.25, 0.3) is 0 Å². The zero-order valence-corrected chi connectivity index (χ0v) is 11.5. The Labute approximate surface area is 106 Å². The molecule has 0 aliphatic heterocycles. The first-order valence-corrected chi connectivity index (χ1v) is 6.78. The van der Waals surface area contributed by atoms with E-state index in [4.69, 9.17) is 5.73 Å². The lowest BCUT2D eigenvalue weighted by atomic mass is 10.1. The Morgan fingerprint density at radius 2 is 2.22 bits per heavy atom. The molecular weight excluding hydrogens is 258 g/mol. The molecular formula is C9H19N5O3S. The molecule has 9 heteroatoms. The molecule has 0 radical (unpaired) electrons. The molecule has 0 amide bonds. The van der Waals surface area contributed by atoms with Crippen molar-refractivity contribution in [2.24, 2.45) is 0 Å². The highest BCUT2D eigenvalue weighted by Crippen LogP contribution is 2.14. The lowest BCUT2D eigenvalue weighted by Gasteiger charge is -2.26. The Kier molecular flexibility index (Phi) is 4.32. The first-order chi connectivity index (χ1) is 8.14. The summed E-state index contributed by atoms with van der Waals surface area (Å²) in [6.07, 6.45) is 1.12. The van der Waals surface area contributed by atoms with Gasteiger partial charge in [-0.05, 0) is 21.0 Å². The van der Waals surface area contributed by atoms with Gasteiger partial charge in [0.2, 0.25) is 10.0 Å². The fourth-order valence-electron chi connectivity index (χ4n) is 1.56. The van der Waals surface area contributed by atoms with Crippen molar-refractivity contribution in [1.29, 1.82) is 0 Å². The van der Waals surface area contributed by atoms with E-state index in [-0.39, 0.29) is 17.3 Å². The van der Waals surface area contributed by atoms with Crippen LogP contribution in [0.3, 0.4) is 0 Å². The van der Waals surface area contributed by atoms with E-state index in [0.29, 0.717) is 6.54 Å². The van der Waals surface area contributed by atoms with Crippen LogP contribution in [-0.2, 0) is 10.0 Å². The van der Waals surface area contributed by atoms with Gasteiger partial charge in [-0.3, -0.25) is 5.10 Å². The zero-order valence-electron chi connectivity index (χ0n) is 10.6. The van der Waals surface area contributed by atoms with Gasteiger partial charge < -0.3 is 15.7 Å². The van der Waals surface area contributed by atoms with Crippen molar-refractivity contribution in [2.45, 2.75) is 17.4 Å². The average Bonchev–Trinajstić information content (AvgIpc) is 2.61. The minimum Gasteiger partial charge on any atom is -0.387 e. The van der Waals surface area contributed by atoms with Crippen LogP contribution in [0.4, 0.5) is 5.82 Å². The average molecular weight is 277 g/mol. The molecule has 1 atom stereocenters. The van der Waals surface area contributed by atoms with Crippen LogP contribution in [0.15, 0.2) is 11.1 Å². The Morgan fingerprint density at radius 3 is 2.67 bits per heavy atom. The van der Waals surface area contributed by atoms with Crippen molar-refractivity contribution in [3.63, 3.8) is 0 Å². The molecule has 0 spiro atoms. The molecule has 0 bridgehead atoms. The van der Waals surface area contributed by atoms with Gasteiger partial charge in [0.1, 0.15) is 10.7 Å². The minimum atomic E-state index is -3.76. The molecule has 8 nitrogen and oxygen atoms in total. The number of hydrogen-bond acceptors (Lipinski definition) is 6. The number of nitrogens with two attached hydrogens (primary N) is 1. The maximum absolute atomic E-state index is 11.9. The molecule has 18 heavy (non-hydrogen) atoms. The Hall–Kier alpha value is -1.16. The standard InChI is InChI=1S/C9H19N5O3S/c1-9(15,6-14(2)3)5-12-18(16,17)7-4-11-13-8(7)10/h4,12,15H,5-6H2,1-3H3,(H3,10,11,13). The molecule has 1 aromatic rings. The number of rotatable bonds is 6. The third-order valence-electron chi connectivity index (χ3n) is 2.22. The van der Waals surface area contributed by atoms with E-state index in [2.05, 4.69) is 14.9 Å². The van der Waals surface area contributed by atoms with E-state index in [1.807, 2.05) is 0 Å². The van der Waals surface area contributed by atoms with Gasteiger partial charge in [0.05, 0.1) is 11.8 Å². The fourth-order valence-corrected chi connectivity index (χ4v) is 2.75. The van der Waals surface area contributed by atoms with E-state index >= 15 is 0 Å². The third-order valence-corrected chi connectivity index (χ3v) is 3.65. The highest BCUT2D eigenvalue weighted by molar-refractivity contribution is 7.89.